The summed E-state index contributed by atoms with van der Waals surface area (Å²) in [6, 6.07) is 7.93. The molecule has 4 heterocycles. The van der Waals surface area contributed by atoms with E-state index in [4.69, 9.17) is 14.8 Å². The lowest BCUT2D eigenvalue weighted by molar-refractivity contribution is 0.0965. The van der Waals surface area contributed by atoms with Crippen LogP contribution in [0.3, 0.4) is 0 Å². The number of fused-ring (bicyclic) bond motifs is 2. The number of nitrogens with one attached hydrogen (secondary N) is 1. The number of carbonyl (C=O) groups excluding carboxylic acids is 1. The molecule has 2 aliphatic rings. The normalized spacial score (nSPS) is 16.7. The number of anilines is 1. The smallest absolute Gasteiger partial charge is 0.253 e. The van der Waals surface area contributed by atoms with Gasteiger partial charge in [-0.15, -0.1) is 0 Å². The number of nitrogens with zero attached hydrogens (tertiary/aromatic N) is 4. The van der Waals surface area contributed by atoms with Crippen LogP contribution in [0.15, 0.2) is 30.5 Å². The van der Waals surface area contributed by atoms with E-state index in [1.165, 1.54) is 0 Å². The fourth-order valence-corrected chi connectivity index (χ4v) is 4.34. The molecule has 1 saturated heterocycles. The first kappa shape index (κ1) is 18.9. The SMILES string of the molecule is Cc1cc2c(nc1N1CCC(Oc3ccc4c(cnn4CCO)c3)CC1)CNC2=O. The van der Waals surface area contributed by atoms with Gasteiger partial charge in [0.05, 0.1) is 42.7 Å². The Hall–Kier alpha value is -3.13. The lowest BCUT2D eigenvalue weighted by atomic mass is 10.1. The number of benzene rings is 1. The Morgan fingerprint density at radius 1 is 1.27 bits per heavy atom. The second-order valence-corrected chi connectivity index (χ2v) is 7.92. The number of aromatic nitrogens is 3. The third kappa shape index (κ3) is 3.37. The number of piperidine rings is 1. The summed E-state index contributed by atoms with van der Waals surface area (Å²) in [7, 11) is 0. The number of aliphatic hydroxyl groups excluding tert-OH is 1. The summed E-state index contributed by atoms with van der Waals surface area (Å²) in [5.74, 6) is 1.79. The average molecular weight is 407 g/mol. The standard InChI is InChI=1S/C22H25N5O3/c1-14-10-18-19(13-23-22(18)29)25-21(14)26-6-4-16(5-7-26)30-17-2-3-20-15(11-17)12-24-27(20)8-9-28/h2-3,10-12,16,28H,4-9,13H2,1H3,(H,23,29). The van der Waals surface area contributed by atoms with Gasteiger partial charge in [0.15, 0.2) is 0 Å². The van der Waals surface area contributed by atoms with Gasteiger partial charge in [0.2, 0.25) is 0 Å². The molecule has 8 nitrogen and oxygen atoms in total. The molecule has 0 bridgehead atoms. The molecule has 30 heavy (non-hydrogen) atoms. The van der Waals surface area contributed by atoms with Crippen molar-refractivity contribution in [2.45, 2.75) is 39.0 Å². The first-order valence-electron chi connectivity index (χ1n) is 10.4. The number of hydrogen-bond acceptors (Lipinski definition) is 6. The Kier molecular flexibility index (Phi) is 4.78. The third-order valence-electron chi connectivity index (χ3n) is 5.90. The molecule has 0 atom stereocenters. The van der Waals surface area contributed by atoms with Crippen LogP contribution in [0, 0.1) is 6.92 Å². The van der Waals surface area contributed by atoms with E-state index in [0.717, 1.165) is 59.7 Å². The number of pyridine rings is 1. The van der Waals surface area contributed by atoms with E-state index in [1.54, 1.807) is 4.68 Å². The van der Waals surface area contributed by atoms with Crippen molar-refractivity contribution in [2.24, 2.45) is 0 Å². The van der Waals surface area contributed by atoms with Gasteiger partial charge in [-0.2, -0.15) is 5.10 Å². The lowest BCUT2D eigenvalue weighted by Gasteiger charge is -2.34. The molecule has 0 radical (unpaired) electrons. The molecule has 1 aromatic carbocycles. The predicted molar refractivity (Wildman–Crippen MR) is 113 cm³/mol. The molecule has 0 saturated carbocycles. The summed E-state index contributed by atoms with van der Waals surface area (Å²) in [6.45, 7) is 4.83. The van der Waals surface area contributed by atoms with Crippen LogP contribution >= 0.6 is 0 Å². The molecule has 1 amide bonds. The molecule has 8 heteroatoms. The summed E-state index contributed by atoms with van der Waals surface area (Å²) in [5, 5.41) is 17.3. The topological polar surface area (TPSA) is 92.5 Å². The first-order chi connectivity index (χ1) is 14.6. The van der Waals surface area contributed by atoms with Gasteiger partial charge >= 0.3 is 0 Å². The van der Waals surface area contributed by atoms with Gasteiger partial charge in [0, 0.05) is 31.3 Å². The molecule has 5 rings (SSSR count). The van der Waals surface area contributed by atoms with Crippen LogP contribution in [0.5, 0.6) is 5.75 Å². The van der Waals surface area contributed by atoms with Crippen molar-refractivity contribution in [1.29, 1.82) is 0 Å². The average Bonchev–Trinajstić information content (AvgIpc) is 3.32. The Labute approximate surface area is 174 Å². The van der Waals surface area contributed by atoms with Gasteiger partial charge in [0.25, 0.3) is 5.91 Å². The van der Waals surface area contributed by atoms with Crippen molar-refractivity contribution in [3.05, 3.63) is 47.3 Å². The highest BCUT2D eigenvalue weighted by molar-refractivity contribution is 5.98. The fourth-order valence-electron chi connectivity index (χ4n) is 4.34. The number of aryl methyl sites for hydroxylation is 1. The van der Waals surface area contributed by atoms with E-state index >= 15 is 0 Å². The minimum absolute atomic E-state index is 0.0295. The Morgan fingerprint density at radius 3 is 2.90 bits per heavy atom. The highest BCUT2D eigenvalue weighted by Crippen LogP contribution is 2.28. The first-order valence-corrected chi connectivity index (χ1v) is 10.4. The molecule has 0 unspecified atom stereocenters. The Bertz CT molecular complexity index is 1100. The molecular formula is C22H25N5O3. The number of hydrogen-bond donors (Lipinski definition) is 2. The highest BCUT2D eigenvalue weighted by Gasteiger charge is 2.26. The van der Waals surface area contributed by atoms with Crippen molar-refractivity contribution >= 4 is 22.6 Å². The zero-order valence-corrected chi connectivity index (χ0v) is 17.0. The summed E-state index contributed by atoms with van der Waals surface area (Å²) >= 11 is 0. The van der Waals surface area contributed by atoms with E-state index in [1.807, 2.05) is 37.4 Å². The van der Waals surface area contributed by atoms with Crippen molar-refractivity contribution in [1.82, 2.24) is 20.1 Å². The van der Waals surface area contributed by atoms with E-state index < -0.39 is 0 Å². The Morgan fingerprint density at radius 2 is 2.10 bits per heavy atom. The monoisotopic (exact) mass is 407 g/mol. The minimum atomic E-state index is -0.0295. The highest BCUT2D eigenvalue weighted by atomic mass is 16.5. The van der Waals surface area contributed by atoms with Crippen LogP contribution in [0.1, 0.15) is 34.5 Å². The molecule has 0 spiro atoms. The molecule has 2 aromatic heterocycles. The fraction of sp³-hybridized carbons (Fsp3) is 0.409. The van der Waals surface area contributed by atoms with Gasteiger partial charge in [0.1, 0.15) is 17.7 Å². The number of rotatable bonds is 5. The van der Waals surface area contributed by atoms with Gasteiger partial charge in [-0.25, -0.2) is 4.98 Å². The van der Waals surface area contributed by atoms with Crippen molar-refractivity contribution in [3.63, 3.8) is 0 Å². The van der Waals surface area contributed by atoms with E-state index in [0.29, 0.717) is 18.7 Å². The molecule has 156 valence electrons. The van der Waals surface area contributed by atoms with E-state index in [-0.39, 0.29) is 18.6 Å². The molecule has 0 aliphatic carbocycles. The van der Waals surface area contributed by atoms with Crippen molar-refractivity contribution in [3.8, 4) is 5.75 Å². The molecular weight excluding hydrogens is 382 g/mol. The summed E-state index contributed by atoms with van der Waals surface area (Å²) in [4.78, 5) is 18.9. The zero-order chi connectivity index (χ0) is 20.7. The van der Waals surface area contributed by atoms with Crippen molar-refractivity contribution < 1.29 is 14.6 Å². The second kappa shape index (κ2) is 7.60. The van der Waals surface area contributed by atoms with Crippen LogP contribution in [-0.2, 0) is 13.1 Å². The number of ether oxygens (including phenoxy) is 1. The molecule has 2 aliphatic heterocycles. The third-order valence-corrected chi connectivity index (χ3v) is 5.90. The van der Waals surface area contributed by atoms with Crippen LogP contribution in [0.2, 0.25) is 0 Å². The minimum Gasteiger partial charge on any atom is -0.490 e. The summed E-state index contributed by atoms with van der Waals surface area (Å²) in [5.41, 5.74) is 3.58. The second-order valence-electron chi connectivity index (χ2n) is 7.92. The quantitative estimate of drug-likeness (QED) is 0.672. The summed E-state index contributed by atoms with van der Waals surface area (Å²) < 4.78 is 8.05. The summed E-state index contributed by atoms with van der Waals surface area (Å²) in [6.07, 6.45) is 3.79. The molecule has 1 fully saturated rings. The number of carbonyl (C=O) groups is 1. The maximum Gasteiger partial charge on any atom is 0.253 e. The maximum absolute atomic E-state index is 11.8. The zero-order valence-electron chi connectivity index (χ0n) is 17.0. The lowest BCUT2D eigenvalue weighted by Crippen LogP contribution is -2.39. The maximum atomic E-state index is 11.8. The van der Waals surface area contributed by atoms with Gasteiger partial charge in [-0.3, -0.25) is 9.48 Å². The number of aliphatic hydroxyl groups is 1. The van der Waals surface area contributed by atoms with Crippen LogP contribution in [0.4, 0.5) is 5.82 Å². The van der Waals surface area contributed by atoms with E-state index in [9.17, 15) is 4.79 Å². The predicted octanol–water partition coefficient (Wildman–Crippen LogP) is 2.02. The Balaban J connectivity index is 1.24. The largest absolute Gasteiger partial charge is 0.490 e. The molecule has 3 aromatic rings. The van der Waals surface area contributed by atoms with Crippen molar-refractivity contribution in [2.75, 3.05) is 24.6 Å². The van der Waals surface area contributed by atoms with Crippen LogP contribution in [-0.4, -0.2) is 51.6 Å². The van der Waals surface area contributed by atoms with Gasteiger partial charge in [-0.05, 0) is 36.8 Å². The van der Waals surface area contributed by atoms with Gasteiger partial charge < -0.3 is 20.1 Å². The van der Waals surface area contributed by atoms with Crippen LogP contribution < -0.4 is 15.0 Å². The van der Waals surface area contributed by atoms with E-state index in [2.05, 4.69) is 15.3 Å². The molecule has 2 N–H and O–H groups in total. The van der Waals surface area contributed by atoms with Crippen LogP contribution in [0.25, 0.3) is 10.9 Å². The number of amides is 1. The van der Waals surface area contributed by atoms with Gasteiger partial charge in [-0.1, -0.05) is 0 Å².